The van der Waals surface area contributed by atoms with Crippen molar-refractivity contribution in [3.63, 3.8) is 0 Å². The van der Waals surface area contributed by atoms with E-state index in [0.717, 1.165) is 24.1 Å². The van der Waals surface area contributed by atoms with Crippen molar-refractivity contribution in [2.24, 2.45) is 0 Å². The minimum atomic E-state index is -0.747. The number of nitrogens with zero attached hydrogens (tertiary/aromatic N) is 2. The third-order valence-electron chi connectivity index (χ3n) is 5.01. The summed E-state index contributed by atoms with van der Waals surface area (Å²) >= 11 is 0. The van der Waals surface area contributed by atoms with Crippen LogP contribution < -0.4 is 14.8 Å². The van der Waals surface area contributed by atoms with Gasteiger partial charge in [0.1, 0.15) is 6.61 Å². The van der Waals surface area contributed by atoms with E-state index >= 15 is 0 Å². The summed E-state index contributed by atoms with van der Waals surface area (Å²) in [5.74, 6) is 0.598. The zero-order valence-electron chi connectivity index (χ0n) is 14.6. The van der Waals surface area contributed by atoms with Gasteiger partial charge in [-0.2, -0.15) is 0 Å². The molecule has 2 aliphatic heterocycles. The molecule has 0 saturated carbocycles. The van der Waals surface area contributed by atoms with Crippen molar-refractivity contribution in [1.29, 1.82) is 0 Å². The average molecular weight is 369 g/mol. The van der Waals surface area contributed by atoms with Crippen molar-refractivity contribution in [3.8, 4) is 11.5 Å². The molecule has 5 rings (SSSR count). The summed E-state index contributed by atoms with van der Waals surface area (Å²) < 4.78 is 22.8. The van der Waals surface area contributed by atoms with Gasteiger partial charge < -0.3 is 18.9 Å². The number of hydrogen-bond acceptors (Lipinski definition) is 7. The Balaban J connectivity index is 1.27. The minimum Gasteiger partial charge on any atom is -0.485 e. The van der Waals surface area contributed by atoms with Gasteiger partial charge in [-0.05, 0) is 24.1 Å². The molecule has 8 nitrogen and oxygen atoms in total. The predicted molar refractivity (Wildman–Crippen MR) is 93.7 cm³/mol. The molecule has 1 saturated heterocycles. The van der Waals surface area contributed by atoms with Crippen LogP contribution >= 0.6 is 0 Å². The molecule has 0 unspecified atom stereocenters. The number of fused-ring (bicyclic) bond motifs is 2. The number of ether oxygens (including phenoxy) is 4. The number of benzene rings is 1. The number of carbonyl (C=O) groups excluding carboxylic acids is 1. The fraction of sp³-hybridized carbons (Fsp3) is 0.421. The van der Waals surface area contributed by atoms with E-state index in [-0.39, 0.29) is 18.5 Å². The SMILES string of the molecule is O=C(Nc1ncc2c(n1)CCC1(C2)OCCO1)[C@H]1COc2ccccc2O1. The van der Waals surface area contributed by atoms with Crippen LogP contribution in [0.4, 0.5) is 5.95 Å². The summed E-state index contributed by atoms with van der Waals surface area (Å²) in [6.45, 7) is 1.39. The van der Waals surface area contributed by atoms with Crippen molar-refractivity contribution in [1.82, 2.24) is 9.97 Å². The quantitative estimate of drug-likeness (QED) is 0.857. The van der Waals surface area contributed by atoms with Crippen LogP contribution in [0.5, 0.6) is 11.5 Å². The number of nitrogens with one attached hydrogen (secondary N) is 1. The lowest BCUT2D eigenvalue weighted by atomic mass is 9.92. The van der Waals surface area contributed by atoms with E-state index in [2.05, 4.69) is 15.3 Å². The molecule has 1 spiro atoms. The number of aromatic nitrogens is 2. The average Bonchev–Trinajstić information content (AvgIpc) is 3.15. The van der Waals surface area contributed by atoms with Crippen molar-refractivity contribution in [3.05, 3.63) is 41.7 Å². The molecule has 2 aromatic rings. The molecular weight excluding hydrogens is 350 g/mol. The molecule has 0 radical (unpaired) electrons. The molecule has 1 aromatic carbocycles. The molecular formula is C19H19N3O5. The maximum absolute atomic E-state index is 12.5. The first-order valence-corrected chi connectivity index (χ1v) is 9.03. The fourth-order valence-corrected chi connectivity index (χ4v) is 3.64. The lowest BCUT2D eigenvalue weighted by Crippen LogP contribution is -2.41. The molecule has 3 aliphatic rings. The second kappa shape index (κ2) is 6.47. The smallest absolute Gasteiger partial charge is 0.271 e. The molecule has 1 amide bonds. The summed E-state index contributed by atoms with van der Waals surface area (Å²) in [5, 5.41) is 2.72. The zero-order chi connectivity index (χ0) is 18.3. The number of aryl methyl sites for hydroxylation is 1. The van der Waals surface area contributed by atoms with Gasteiger partial charge in [0.25, 0.3) is 5.91 Å². The van der Waals surface area contributed by atoms with E-state index in [4.69, 9.17) is 18.9 Å². The standard InChI is InChI=1S/C19H19N3O5/c23-17(16-11-24-14-3-1-2-4-15(14)27-16)22-18-20-10-12-9-19(25-7-8-26-19)6-5-13(12)21-18/h1-4,10,16H,5-9,11H2,(H,20,21,22,23)/t16-/m1/s1. The first-order valence-electron chi connectivity index (χ1n) is 9.03. The Hall–Kier alpha value is -2.71. The number of carbonyl (C=O) groups is 1. The molecule has 0 bridgehead atoms. The van der Waals surface area contributed by atoms with Gasteiger partial charge in [-0.15, -0.1) is 0 Å². The summed E-state index contributed by atoms with van der Waals surface area (Å²) in [6.07, 6.45) is 3.09. The Bertz CT molecular complexity index is 881. The number of anilines is 1. The van der Waals surface area contributed by atoms with Gasteiger partial charge in [-0.1, -0.05) is 12.1 Å². The van der Waals surface area contributed by atoms with Gasteiger partial charge in [0.15, 0.2) is 17.3 Å². The van der Waals surface area contributed by atoms with E-state index in [1.807, 2.05) is 12.1 Å². The molecule has 27 heavy (non-hydrogen) atoms. The monoisotopic (exact) mass is 369 g/mol. The summed E-state index contributed by atoms with van der Waals surface area (Å²) in [5.41, 5.74) is 1.91. The highest BCUT2D eigenvalue weighted by Gasteiger charge is 2.40. The van der Waals surface area contributed by atoms with Gasteiger partial charge in [0, 0.05) is 24.7 Å². The Morgan fingerprint density at radius 2 is 2.00 bits per heavy atom. The lowest BCUT2D eigenvalue weighted by Gasteiger charge is -2.32. The largest absolute Gasteiger partial charge is 0.485 e. The third-order valence-corrected chi connectivity index (χ3v) is 5.01. The van der Waals surface area contributed by atoms with Gasteiger partial charge in [0.05, 0.1) is 13.2 Å². The maximum atomic E-state index is 12.5. The van der Waals surface area contributed by atoms with Crippen LogP contribution in [0.1, 0.15) is 17.7 Å². The summed E-state index contributed by atoms with van der Waals surface area (Å²) in [7, 11) is 0. The van der Waals surface area contributed by atoms with E-state index in [1.54, 1.807) is 18.3 Å². The first-order chi connectivity index (χ1) is 13.2. The zero-order valence-corrected chi connectivity index (χ0v) is 14.6. The van der Waals surface area contributed by atoms with Gasteiger partial charge >= 0.3 is 0 Å². The van der Waals surface area contributed by atoms with E-state index in [1.165, 1.54) is 0 Å². The van der Waals surface area contributed by atoms with Crippen molar-refractivity contribution >= 4 is 11.9 Å². The van der Waals surface area contributed by atoms with Crippen molar-refractivity contribution < 1.29 is 23.7 Å². The molecule has 1 fully saturated rings. The van der Waals surface area contributed by atoms with E-state index in [9.17, 15) is 4.79 Å². The molecule has 8 heteroatoms. The summed E-state index contributed by atoms with van der Waals surface area (Å²) in [4.78, 5) is 21.3. The van der Waals surface area contributed by atoms with Crippen LogP contribution in [0.3, 0.4) is 0 Å². The van der Waals surface area contributed by atoms with E-state index < -0.39 is 11.9 Å². The Morgan fingerprint density at radius 1 is 1.19 bits per heavy atom. The van der Waals surface area contributed by atoms with Crippen LogP contribution in [0.15, 0.2) is 30.5 Å². The Kier molecular flexibility index (Phi) is 3.95. The Labute approximate surface area is 155 Å². The normalized spacial score (nSPS) is 22.3. The first kappa shape index (κ1) is 16.5. The number of rotatable bonds is 2. The highest BCUT2D eigenvalue weighted by Crippen LogP contribution is 2.35. The molecule has 3 heterocycles. The molecule has 1 N–H and O–H groups in total. The number of para-hydroxylation sites is 2. The molecule has 1 aromatic heterocycles. The lowest BCUT2D eigenvalue weighted by molar-refractivity contribution is -0.164. The van der Waals surface area contributed by atoms with Crippen LogP contribution in [-0.4, -0.2) is 47.6 Å². The van der Waals surface area contributed by atoms with Crippen LogP contribution in [-0.2, 0) is 27.1 Å². The molecule has 140 valence electrons. The highest BCUT2D eigenvalue weighted by atomic mass is 16.7. The number of hydrogen-bond donors (Lipinski definition) is 1. The predicted octanol–water partition coefficient (Wildman–Crippen LogP) is 1.49. The third kappa shape index (κ3) is 3.11. The molecule has 1 atom stereocenters. The maximum Gasteiger partial charge on any atom is 0.271 e. The van der Waals surface area contributed by atoms with Crippen LogP contribution in [0.25, 0.3) is 0 Å². The highest BCUT2D eigenvalue weighted by molar-refractivity contribution is 5.93. The van der Waals surface area contributed by atoms with Crippen LogP contribution in [0.2, 0.25) is 0 Å². The van der Waals surface area contributed by atoms with Crippen molar-refractivity contribution in [2.45, 2.75) is 31.2 Å². The van der Waals surface area contributed by atoms with Gasteiger partial charge in [-0.25, -0.2) is 9.97 Å². The Morgan fingerprint density at radius 3 is 2.85 bits per heavy atom. The van der Waals surface area contributed by atoms with Crippen molar-refractivity contribution in [2.75, 3.05) is 25.1 Å². The molecule has 1 aliphatic carbocycles. The second-order valence-electron chi connectivity index (χ2n) is 6.80. The van der Waals surface area contributed by atoms with Gasteiger partial charge in [0.2, 0.25) is 12.1 Å². The minimum absolute atomic E-state index is 0.144. The topological polar surface area (TPSA) is 91.8 Å². The number of amides is 1. The van der Waals surface area contributed by atoms with Crippen LogP contribution in [0, 0.1) is 0 Å². The van der Waals surface area contributed by atoms with E-state index in [0.29, 0.717) is 31.1 Å². The second-order valence-corrected chi connectivity index (χ2v) is 6.80. The van der Waals surface area contributed by atoms with Gasteiger partial charge in [-0.3, -0.25) is 10.1 Å². The fourth-order valence-electron chi connectivity index (χ4n) is 3.64. The summed E-state index contributed by atoms with van der Waals surface area (Å²) in [6, 6.07) is 7.27.